The summed E-state index contributed by atoms with van der Waals surface area (Å²) < 4.78 is 16.9. The highest BCUT2D eigenvalue weighted by Gasteiger charge is 2.47. The average Bonchev–Trinajstić information content (AvgIpc) is 3.17. The molecule has 7 heteroatoms. The Kier molecular flexibility index (Phi) is 8.05. The molecule has 198 valence electrons. The van der Waals surface area contributed by atoms with Gasteiger partial charge in [0.15, 0.2) is 0 Å². The van der Waals surface area contributed by atoms with Gasteiger partial charge in [0.25, 0.3) is 11.7 Å². The van der Waals surface area contributed by atoms with Crippen molar-refractivity contribution >= 4 is 23.1 Å². The van der Waals surface area contributed by atoms with Crippen LogP contribution < -0.4 is 19.1 Å². The zero-order valence-electron chi connectivity index (χ0n) is 22.4. The minimum atomic E-state index is -0.863. The van der Waals surface area contributed by atoms with Crippen molar-refractivity contribution < 1.29 is 28.9 Å². The van der Waals surface area contributed by atoms with Crippen LogP contribution in [0.4, 0.5) is 5.69 Å². The molecule has 1 fully saturated rings. The largest absolute Gasteiger partial charge is 0.507 e. The molecular weight excluding hydrogens is 482 g/mol. The number of nitrogens with zero attached hydrogens (tertiary/aromatic N) is 1. The Balaban J connectivity index is 1.85. The summed E-state index contributed by atoms with van der Waals surface area (Å²) in [5, 5.41) is 11.5. The van der Waals surface area contributed by atoms with E-state index in [1.807, 2.05) is 33.8 Å². The number of rotatable bonds is 9. The number of anilines is 1. The van der Waals surface area contributed by atoms with Crippen molar-refractivity contribution in [1.29, 1.82) is 0 Å². The van der Waals surface area contributed by atoms with Gasteiger partial charge in [0, 0.05) is 11.3 Å². The van der Waals surface area contributed by atoms with Gasteiger partial charge in [-0.2, -0.15) is 0 Å². The summed E-state index contributed by atoms with van der Waals surface area (Å²) in [7, 11) is 1.55. The van der Waals surface area contributed by atoms with E-state index >= 15 is 0 Å². The Bertz CT molecular complexity index is 1360. The van der Waals surface area contributed by atoms with Gasteiger partial charge in [-0.15, -0.1) is 0 Å². The predicted molar refractivity (Wildman–Crippen MR) is 147 cm³/mol. The Morgan fingerprint density at radius 1 is 1.00 bits per heavy atom. The lowest BCUT2D eigenvalue weighted by Gasteiger charge is -2.26. The number of methoxy groups -OCH3 is 1. The van der Waals surface area contributed by atoms with Gasteiger partial charge in [0.2, 0.25) is 0 Å². The molecular formula is C31H33NO6. The van der Waals surface area contributed by atoms with Crippen LogP contribution in [0, 0.1) is 6.92 Å². The molecule has 1 aliphatic rings. The van der Waals surface area contributed by atoms with Crippen LogP contribution in [0.25, 0.3) is 5.76 Å². The van der Waals surface area contributed by atoms with Gasteiger partial charge in [-0.1, -0.05) is 19.1 Å². The van der Waals surface area contributed by atoms with E-state index in [-0.39, 0.29) is 17.4 Å². The molecule has 0 saturated carbocycles. The maximum Gasteiger partial charge on any atom is 0.300 e. The third-order valence-corrected chi connectivity index (χ3v) is 6.25. The van der Waals surface area contributed by atoms with Gasteiger partial charge >= 0.3 is 0 Å². The quantitative estimate of drug-likeness (QED) is 0.207. The molecule has 4 rings (SSSR count). The standard InChI is InChI=1S/C31H33NO6/c1-6-16-37-26-15-10-22(17-20(26)4)29(33)27-28(21-8-7-9-25(18-21)36-5)32(31(35)30(27)34)23-11-13-24(14-12-23)38-19(2)3/h7-15,17-19,28,33H,6,16H2,1-5H3/b29-27-. The summed E-state index contributed by atoms with van der Waals surface area (Å²) in [6.45, 7) is 8.34. The first-order valence-corrected chi connectivity index (χ1v) is 12.7. The third-order valence-electron chi connectivity index (χ3n) is 6.25. The SMILES string of the molecule is CCCOc1ccc(/C(O)=C2/C(=O)C(=O)N(c3ccc(OC(C)C)cc3)C2c2cccc(OC)c2)cc1C. The molecule has 0 radical (unpaired) electrons. The average molecular weight is 516 g/mol. The lowest BCUT2D eigenvalue weighted by Crippen LogP contribution is -2.29. The number of aliphatic hydroxyl groups is 1. The van der Waals surface area contributed by atoms with Gasteiger partial charge < -0.3 is 19.3 Å². The number of amides is 1. The molecule has 7 nitrogen and oxygen atoms in total. The summed E-state index contributed by atoms with van der Waals surface area (Å²) in [6.07, 6.45) is 0.865. The zero-order valence-corrected chi connectivity index (χ0v) is 22.4. The number of hydrogen-bond acceptors (Lipinski definition) is 6. The van der Waals surface area contributed by atoms with Crippen molar-refractivity contribution in [3.8, 4) is 17.2 Å². The lowest BCUT2D eigenvalue weighted by molar-refractivity contribution is -0.132. The van der Waals surface area contributed by atoms with E-state index < -0.39 is 17.7 Å². The maximum absolute atomic E-state index is 13.5. The molecule has 0 bridgehead atoms. The van der Waals surface area contributed by atoms with Gasteiger partial charge in [0.05, 0.1) is 31.4 Å². The fourth-order valence-corrected chi connectivity index (χ4v) is 4.51. The van der Waals surface area contributed by atoms with Crippen LogP contribution in [-0.2, 0) is 9.59 Å². The van der Waals surface area contributed by atoms with Crippen molar-refractivity contribution in [1.82, 2.24) is 0 Å². The van der Waals surface area contributed by atoms with Crippen LogP contribution >= 0.6 is 0 Å². The number of hydrogen-bond donors (Lipinski definition) is 1. The van der Waals surface area contributed by atoms with Gasteiger partial charge in [0.1, 0.15) is 23.0 Å². The first-order valence-electron chi connectivity index (χ1n) is 12.7. The molecule has 0 aliphatic carbocycles. The van der Waals surface area contributed by atoms with E-state index in [1.165, 1.54) is 4.90 Å². The number of ether oxygens (including phenoxy) is 3. The number of aliphatic hydroxyl groups excluding tert-OH is 1. The monoisotopic (exact) mass is 515 g/mol. The predicted octanol–water partition coefficient (Wildman–Crippen LogP) is 6.21. The minimum Gasteiger partial charge on any atom is -0.507 e. The molecule has 1 amide bonds. The number of Topliss-reactive ketones (excluding diaryl/α,β-unsaturated/α-hetero) is 1. The maximum atomic E-state index is 13.5. The molecule has 1 saturated heterocycles. The van der Waals surface area contributed by atoms with Crippen molar-refractivity contribution in [2.45, 2.75) is 46.3 Å². The van der Waals surface area contributed by atoms with Crippen molar-refractivity contribution in [3.05, 3.63) is 89.0 Å². The van der Waals surface area contributed by atoms with Crippen LogP contribution in [-0.4, -0.2) is 36.6 Å². The number of ketones is 1. The van der Waals surface area contributed by atoms with Crippen LogP contribution in [0.3, 0.4) is 0 Å². The molecule has 3 aromatic carbocycles. The highest BCUT2D eigenvalue weighted by atomic mass is 16.5. The summed E-state index contributed by atoms with van der Waals surface area (Å²) in [5.74, 6) is 0.194. The van der Waals surface area contributed by atoms with E-state index in [0.717, 1.165) is 12.0 Å². The second-order valence-corrected chi connectivity index (χ2v) is 9.43. The Morgan fingerprint density at radius 2 is 1.74 bits per heavy atom. The lowest BCUT2D eigenvalue weighted by atomic mass is 9.94. The molecule has 1 aliphatic heterocycles. The minimum absolute atomic E-state index is 0.00548. The van der Waals surface area contributed by atoms with E-state index in [1.54, 1.807) is 67.8 Å². The summed E-state index contributed by atoms with van der Waals surface area (Å²) in [4.78, 5) is 28.3. The summed E-state index contributed by atoms with van der Waals surface area (Å²) >= 11 is 0. The normalized spacial score (nSPS) is 16.7. The highest BCUT2D eigenvalue weighted by Crippen LogP contribution is 2.43. The number of benzene rings is 3. The van der Waals surface area contributed by atoms with E-state index in [4.69, 9.17) is 14.2 Å². The number of aryl methyl sites for hydroxylation is 1. The van der Waals surface area contributed by atoms with E-state index in [2.05, 4.69) is 0 Å². The van der Waals surface area contributed by atoms with Crippen LogP contribution in [0.5, 0.6) is 17.2 Å². The third kappa shape index (κ3) is 5.37. The highest BCUT2D eigenvalue weighted by molar-refractivity contribution is 6.51. The molecule has 1 atom stereocenters. The van der Waals surface area contributed by atoms with Gasteiger partial charge in [-0.05, 0) is 92.9 Å². The van der Waals surface area contributed by atoms with E-state index in [9.17, 15) is 14.7 Å². The molecule has 0 aromatic heterocycles. The van der Waals surface area contributed by atoms with Crippen molar-refractivity contribution in [3.63, 3.8) is 0 Å². The van der Waals surface area contributed by atoms with Gasteiger partial charge in [-0.3, -0.25) is 14.5 Å². The second kappa shape index (κ2) is 11.4. The number of carbonyl (C=O) groups excluding carboxylic acids is 2. The van der Waals surface area contributed by atoms with Crippen molar-refractivity contribution in [2.24, 2.45) is 0 Å². The first kappa shape index (κ1) is 26.8. The molecule has 0 spiro atoms. The second-order valence-electron chi connectivity index (χ2n) is 9.43. The Morgan fingerprint density at radius 3 is 2.37 bits per heavy atom. The van der Waals surface area contributed by atoms with Crippen molar-refractivity contribution in [2.75, 3.05) is 18.6 Å². The first-order chi connectivity index (χ1) is 18.2. The summed E-state index contributed by atoms with van der Waals surface area (Å²) in [5.41, 5.74) is 2.39. The van der Waals surface area contributed by atoms with Crippen LogP contribution in [0.1, 0.15) is 49.9 Å². The van der Waals surface area contributed by atoms with Crippen LogP contribution in [0.15, 0.2) is 72.3 Å². The zero-order chi connectivity index (χ0) is 27.4. The van der Waals surface area contributed by atoms with E-state index in [0.29, 0.717) is 40.7 Å². The molecule has 1 unspecified atom stereocenters. The Hall–Kier alpha value is -4.26. The molecule has 3 aromatic rings. The molecule has 1 N–H and O–H groups in total. The Labute approximate surface area is 223 Å². The molecule has 38 heavy (non-hydrogen) atoms. The number of carbonyl (C=O) groups is 2. The van der Waals surface area contributed by atoms with Crippen LogP contribution in [0.2, 0.25) is 0 Å². The fourth-order valence-electron chi connectivity index (χ4n) is 4.51. The molecule has 1 heterocycles. The smallest absolute Gasteiger partial charge is 0.300 e. The fraction of sp³-hybridized carbons (Fsp3) is 0.290. The summed E-state index contributed by atoms with van der Waals surface area (Å²) in [6, 6.07) is 18.5. The topological polar surface area (TPSA) is 85.3 Å². The van der Waals surface area contributed by atoms with Gasteiger partial charge in [-0.25, -0.2) is 0 Å².